The number of halogens is 2. The Hall–Kier alpha value is -1.78. The van der Waals surface area contributed by atoms with E-state index in [1.54, 1.807) is 0 Å². The summed E-state index contributed by atoms with van der Waals surface area (Å²) in [6.45, 7) is 2.30. The van der Waals surface area contributed by atoms with Gasteiger partial charge in [-0.2, -0.15) is 0 Å². The summed E-state index contributed by atoms with van der Waals surface area (Å²) < 4.78 is 25.8. The smallest absolute Gasteiger partial charge is 0.225 e. The number of likely N-dealkylation sites (tertiary alicyclic amines) is 1. The van der Waals surface area contributed by atoms with E-state index in [9.17, 15) is 18.4 Å². The number of hydrogen-bond acceptors (Lipinski definition) is 2. The molecule has 1 fully saturated rings. The molecule has 1 aromatic carbocycles. The van der Waals surface area contributed by atoms with Crippen molar-refractivity contribution in [2.24, 2.45) is 5.92 Å². The number of piperidine rings is 1. The molecule has 1 aliphatic heterocycles. The molecule has 0 saturated carbocycles. The van der Waals surface area contributed by atoms with Crippen LogP contribution in [0.5, 0.6) is 0 Å². The number of Topliss-reactive ketones (excluding diaryl/α,β-unsaturated/α-hetero) is 1. The van der Waals surface area contributed by atoms with Gasteiger partial charge in [-0.1, -0.05) is 6.92 Å². The molecular weight excluding hydrogens is 252 g/mol. The number of benzene rings is 1. The fourth-order valence-electron chi connectivity index (χ4n) is 2.22. The summed E-state index contributed by atoms with van der Waals surface area (Å²) >= 11 is 0. The van der Waals surface area contributed by atoms with Crippen LogP contribution < -0.4 is 0 Å². The highest BCUT2D eigenvalue weighted by atomic mass is 19.2. The number of ketones is 1. The van der Waals surface area contributed by atoms with Gasteiger partial charge in [0.1, 0.15) is 0 Å². The van der Waals surface area contributed by atoms with Gasteiger partial charge >= 0.3 is 0 Å². The molecule has 1 aliphatic rings. The maximum atomic E-state index is 13.0. The van der Waals surface area contributed by atoms with Gasteiger partial charge in [0.25, 0.3) is 0 Å². The Balaban J connectivity index is 2.08. The minimum atomic E-state index is -1.05. The summed E-state index contributed by atoms with van der Waals surface area (Å²) in [5.41, 5.74) is 0.0879. The van der Waals surface area contributed by atoms with E-state index in [2.05, 4.69) is 0 Å². The normalized spacial score (nSPS) is 19.6. The highest BCUT2D eigenvalue weighted by molar-refractivity contribution is 5.99. The van der Waals surface area contributed by atoms with Crippen molar-refractivity contribution in [2.45, 2.75) is 19.8 Å². The lowest BCUT2D eigenvalue weighted by molar-refractivity contribution is -0.137. The molecule has 0 bridgehead atoms. The highest BCUT2D eigenvalue weighted by Gasteiger charge is 2.26. The number of carbonyl (C=O) groups is 2. The fourth-order valence-corrected chi connectivity index (χ4v) is 2.22. The summed E-state index contributed by atoms with van der Waals surface area (Å²) in [7, 11) is 0. The Bertz CT molecular complexity index is 516. The van der Waals surface area contributed by atoms with Crippen LogP contribution in [0.2, 0.25) is 0 Å². The zero-order chi connectivity index (χ0) is 14.0. The summed E-state index contributed by atoms with van der Waals surface area (Å²) in [6, 6.07) is 3.03. The van der Waals surface area contributed by atoms with Crippen LogP contribution in [0.1, 0.15) is 30.1 Å². The van der Waals surface area contributed by atoms with E-state index in [4.69, 9.17) is 0 Å². The number of hydrogen-bond donors (Lipinski definition) is 0. The lowest BCUT2D eigenvalue weighted by Crippen LogP contribution is -2.43. The molecule has 1 atom stereocenters. The number of nitrogens with zero attached hydrogens (tertiary/aromatic N) is 1. The molecule has 1 heterocycles. The third-order valence-electron chi connectivity index (χ3n) is 3.37. The van der Waals surface area contributed by atoms with Gasteiger partial charge in [0, 0.05) is 18.0 Å². The second kappa shape index (κ2) is 5.47. The monoisotopic (exact) mass is 267 g/mol. The van der Waals surface area contributed by atoms with Crippen molar-refractivity contribution in [3.8, 4) is 0 Å². The van der Waals surface area contributed by atoms with Gasteiger partial charge in [-0.25, -0.2) is 8.78 Å². The minimum absolute atomic E-state index is 0.0535. The Morgan fingerprint density at radius 1 is 1.37 bits per heavy atom. The first-order valence-electron chi connectivity index (χ1n) is 6.26. The molecule has 0 spiro atoms. The van der Waals surface area contributed by atoms with Crippen LogP contribution in [-0.4, -0.2) is 29.7 Å². The fraction of sp³-hybridized carbons (Fsp3) is 0.429. The van der Waals surface area contributed by atoms with Gasteiger partial charge in [0.05, 0.1) is 6.54 Å². The van der Waals surface area contributed by atoms with Crippen molar-refractivity contribution in [1.82, 2.24) is 4.90 Å². The van der Waals surface area contributed by atoms with E-state index in [0.717, 1.165) is 25.0 Å². The topological polar surface area (TPSA) is 37.4 Å². The Kier molecular flexibility index (Phi) is 3.93. The molecule has 0 N–H and O–H groups in total. The molecule has 5 heteroatoms. The van der Waals surface area contributed by atoms with Gasteiger partial charge in [0.2, 0.25) is 5.91 Å². The predicted molar refractivity (Wildman–Crippen MR) is 65.7 cm³/mol. The second-order valence-electron chi connectivity index (χ2n) is 4.86. The molecule has 1 amide bonds. The molecular formula is C14H15F2NO2. The average Bonchev–Trinajstić information content (AvgIpc) is 2.38. The third-order valence-corrected chi connectivity index (χ3v) is 3.37. The van der Waals surface area contributed by atoms with Crippen LogP contribution in [0.15, 0.2) is 18.2 Å². The summed E-state index contributed by atoms with van der Waals surface area (Å²) in [5, 5.41) is 0. The zero-order valence-electron chi connectivity index (χ0n) is 10.7. The van der Waals surface area contributed by atoms with Crippen molar-refractivity contribution < 1.29 is 18.4 Å². The standard InChI is InChI=1S/C14H15F2NO2/c1-9-3-2-6-17(14(9)19)8-13(18)10-4-5-11(15)12(16)7-10/h4-5,7,9H,2-3,6,8H2,1H3. The lowest BCUT2D eigenvalue weighted by atomic mass is 9.98. The molecule has 19 heavy (non-hydrogen) atoms. The van der Waals surface area contributed by atoms with Crippen LogP contribution in [-0.2, 0) is 4.79 Å². The van der Waals surface area contributed by atoms with Gasteiger partial charge in [0.15, 0.2) is 17.4 Å². The number of amides is 1. The van der Waals surface area contributed by atoms with Gasteiger partial charge in [-0.3, -0.25) is 9.59 Å². The Labute approximate surface area is 110 Å². The molecule has 1 unspecified atom stereocenters. The first-order chi connectivity index (χ1) is 8.99. The first-order valence-corrected chi connectivity index (χ1v) is 6.26. The first kappa shape index (κ1) is 13.6. The Morgan fingerprint density at radius 2 is 2.11 bits per heavy atom. The average molecular weight is 267 g/mol. The van der Waals surface area contributed by atoms with E-state index in [1.165, 1.54) is 11.0 Å². The molecule has 3 nitrogen and oxygen atoms in total. The van der Waals surface area contributed by atoms with Crippen LogP contribution >= 0.6 is 0 Å². The third kappa shape index (κ3) is 2.97. The molecule has 0 radical (unpaired) electrons. The van der Waals surface area contributed by atoms with Crippen LogP contribution in [0.25, 0.3) is 0 Å². The molecule has 2 rings (SSSR count). The van der Waals surface area contributed by atoms with Crippen LogP contribution in [0.4, 0.5) is 8.78 Å². The molecule has 0 aliphatic carbocycles. The van der Waals surface area contributed by atoms with Crippen molar-refractivity contribution >= 4 is 11.7 Å². The van der Waals surface area contributed by atoms with Crippen molar-refractivity contribution in [2.75, 3.05) is 13.1 Å². The van der Waals surface area contributed by atoms with Crippen molar-refractivity contribution in [1.29, 1.82) is 0 Å². The highest BCUT2D eigenvalue weighted by Crippen LogP contribution is 2.18. The van der Waals surface area contributed by atoms with Gasteiger partial charge in [-0.05, 0) is 31.0 Å². The van der Waals surface area contributed by atoms with E-state index in [-0.39, 0.29) is 29.7 Å². The van der Waals surface area contributed by atoms with Crippen LogP contribution in [0, 0.1) is 17.6 Å². The molecule has 0 aromatic heterocycles. The minimum Gasteiger partial charge on any atom is -0.335 e. The van der Waals surface area contributed by atoms with E-state index < -0.39 is 11.6 Å². The molecule has 1 aromatic rings. The number of carbonyl (C=O) groups excluding carboxylic acids is 2. The largest absolute Gasteiger partial charge is 0.335 e. The summed E-state index contributed by atoms with van der Waals surface area (Å²) in [6.07, 6.45) is 1.69. The quantitative estimate of drug-likeness (QED) is 0.789. The van der Waals surface area contributed by atoms with E-state index >= 15 is 0 Å². The lowest BCUT2D eigenvalue weighted by Gasteiger charge is -2.30. The van der Waals surface area contributed by atoms with Crippen molar-refractivity contribution in [3.63, 3.8) is 0 Å². The SMILES string of the molecule is CC1CCCN(CC(=O)c2ccc(F)c(F)c2)C1=O. The maximum absolute atomic E-state index is 13.0. The second-order valence-corrected chi connectivity index (χ2v) is 4.86. The summed E-state index contributed by atoms with van der Waals surface area (Å²) in [4.78, 5) is 25.3. The van der Waals surface area contributed by atoms with Crippen molar-refractivity contribution in [3.05, 3.63) is 35.4 Å². The summed E-state index contributed by atoms with van der Waals surface area (Å²) in [5.74, 6) is -2.54. The predicted octanol–water partition coefficient (Wildman–Crippen LogP) is 2.41. The maximum Gasteiger partial charge on any atom is 0.225 e. The van der Waals surface area contributed by atoms with E-state index in [0.29, 0.717) is 6.54 Å². The molecule has 102 valence electrons. The van der Waals surface area contributed by atoms with Gasteiger partial charge in [-0.15, -0.1) is 0 Å². The van der Waals surface area contributed by atoms with Crippen LogP contribution in [0.3, 0.4) is 0 Å². The number of rotatable bonds is 3. The van der Waals surface area contributed by atoms with Gasteiger partial charge < -0.3 is 4.90 Å². The zero-order valence-corrected chi connectivity index (χ0v) is 10.7. The Morgan fingerprint density at radius 3 is 2.79 bits per heavy atom. The molecule has 1 saturated heterocycles. The van der Waals surface area contributed by atoms with E-state index in [1.807, 2.05) is 6.92 Å².